The van der Waals surface area contributed by atoms with Gasteiger partial charge in [0.15, 0.2) is 0 Å². The van der Waals surface area contributed by atoms with Crippen LogP contribution in [-0.2, 0) is 32.0 Å². The van der Waals surface area contributed by atoms with E-state index >= 15 is 0 Å². The maximum Gasteiger partial charge on any atom is 0.250 e. The molecule has 0 saturated heterocycles. The molecule has 0 radical (unpaired) electrons. The SMILES string of the molecule is CN[C@@H](C)C(=O)N[C@H](C(=O)NCC(=O)N1C=CN(CCc2ccc(OC)cc2)C(=O)[C@@H]1Cc1ccc(C)cc1)C(C)(C)C. The number of hydrogen-bond donors (Lipinski definition) is 3. The molecule has 1 heterocycles. The predicted molar refractivity (Wildman–Crippen MR) is 166 cm³/mol. The van der Waals surface area contributed by atoms with Crippen molar-refractivity contribution in [3.8, 4) is 5.75 Å². The number of rotatable bonds is 12. The van der Waals surface area contributed by atoms with Gasteiger partial charge in [0.05, 0.1) is 19.7 Å². The minimum Gasteiger partial charge on any atom is -0.497 e. The van der Waals surface area contributed by atoms with E-state index in [1.165, 1.54) is 4.90 Å². The predicted octanol–water partition coefficient (Wildman–Crippen LogP) is 2.55. The van der Waals surface area contributed by atoms with Crippen LogP contribution in [0.2, 0.25) is 0 Å². The van der Waals surface area contributed by atoms with Gasteiger partial charge in [-0.3, -0.25) is 19.2 Å². The Balaban J connectivity index is 1.75. The van der Waals surface area contributed by atoms with Crippen molar-refractivity contribution in [1.29, 1.82) is 0 Å². The Morgan fingerprint density at radius 3 is 2.16 bits per heavy atom. The summed E-state index contributed by atoms with van der Waals surface area (Å²) in [7, 11) is 3.28. The van der Waals surface area contributed by atoms with Crippen LogP contribution in [-0.4, -0.2) is 78.8 Å². The molecule has 2 aromatic rings. The number of methoxy groups -OCH3 is 1. The Hall–Kier alpha value is -4.18. The quantitative estimate of drug-likeness (QED) is 0.349. The van der Waals surface area contributed by atoms with Gasteiger partial charge in [0.2, 0.25) is 23.6 Å². The van der Waals surface area contributed by atoms with Crippen LogP contribution < -0.4 is 20.7 Å². The van der Waals surface area contributed by atoms with Gasteiger partial charge in [-0.05, 0) is 56.0 Å². The number of ether oxygens (including phenoxy) is 1. The van der Waals surface area contributed by atoms with Gasteiger partial charge < -0.3 is 30.5 Å². The summed E-state index contributed by atoms with van der Waals surface area (Å²) in [4.78, 5) is 56.0. The van der Waals surface area contributed by atoms with E-state index in [0.717, 1.165) is 22.4 Å². The van der Waals surface area contributed by atoms with Gasteiger partial charge in [0.1, 0.15) is 17.8 Å². The van der Waals surface area contributed by atoms with E-state index in [1.807, 2.05) is 76.2 Å². The number of nitrogens with one attached hydrogen (secondary N) is 3. The molecule has 1 aliphatic heterocycles. The van der Waals surface area contributed by atoms with Crippen LogP contribution in [0.4, 0.5) is 0 Å². The fourth-order valence-corrected chi connectivity index (χ4v) is 4.69. The number of aryl methyl sites for hydroxylation is 1. The third-order valence-corrected chi connectivity index (χ3v) is 7.60. The first-order chi connectivity index (χ1) is 20.3. The van der Waals surface area contributed by atoms with Crippen LogP contribution >= 0.6 is 0 Å². The summed E-state index contributed by atoms with van der Waals surface area (Å²) in [6.07, 6.45) is 4.19. The van der Waals surface area contributed by atoms with Crippen molar-refractivity contribution in [1.82, 2.24) is 25.8 Å². The number of carbonyl (C=O) groups excluding carboxylic acids is 4. The van der Waals surface area contributed by atoms with Crippen molar-refractivity contribution in [3.05, 3.63) is 77.6 Å². The number of carbonyl (C=O) groups is 4. The van der Waals surface area contributed by atoms with Crippen molar-refractivity contribution in [2.24, 2.45) is 5.41 Å². The highest BCUT2D eigenvalue weighted by atomic mass is 16.5. The molecule has 3 N–H and O–H groups in total. The third-order valence-electron chi connectivity index (χ3n) is 7.60. The van der Waals surface area contributed by atoms with E-state index in [2.05, 4.69) is 16.0 Å². The van der Waals surface area contributed by atoms with Crippen molar-refractivity contribution in [2.45, 2.75) is 65.6 Å². The van der Waals surface area contributed by atoms with Gasteiger partial charge in [-0.15, -0.1) is 0 Å². The average Bonchev–Trinajstić information content (AvgIpc) is 2.98. The molecule has 0 aromatic heterocycles. The number of likely N-dealkylation sites (N-methyl/N-ethyl adjacent to an activating group) is 1. The molecule has 232 valence electrons. The van der Waals surface area contributed by atoms with Crippen molar-refractivity contribution >= 4 is 23.6 Å². The monoisotopic (exact) mass is 591 g/mol. The van der Waals surface area contributed by atoms with Gasteiger partial charge in [0.25, 0.3) is 0 Å². The summed E-state index contributed by atoms with van der Waals surface area (Å²) in [6.45, 7) is 9.34. The Bertz CT molecular complexity index is 1300. The van der Waals surface area contributed by atoms with Crippen LogP contribution in [0.3, 0.4) is 0 Å². The zero-order valence-corrected chi connectivity index (χ0v) is 26.3. The molecule has 4 amide bonds. The molecule has 10 heteroatoms. The Morgan fingerprint density at radius 2 is 1.58 bits per heavy atom. The number of nitrogens with zero attached hydrogens (tertiary/aromatic N) is 2. The zero-order valence-electron chi connectivity index (χ0n) is 26.3. The summed E-state index contributed by atoms with van der Waals surface area (Å²) in [6, 6.07) is 13.4. The largest absolute Gasteiger partial charge is 0.497 e. The molecule has 10 nitrogen and oxygen atoms in total. The Kier molecular flexibility index (Phi) is 11.5. The lowest BCUT2D eigenvalue weighted by atomic mass is 9.86. The highest BCUT2D eigenvalue weighted by molar-refractivity contribution is 5.94. The fourth-order valence-electron chi connectivity index (χ4n) is 4.69. The first-order valence-electron chi connectivity index (χ1n) is 14.6. The second-order valence-corrected chi connectivity index (χ2v) is 12.0. The zero-order chi connectivity index (χ0) is 31.7. The molecule has 0 bridgehead atoms. The lowest BCUT2D eigenvalue weighted by Gasteiger charge is -2.36. The van der Waals surface area contributed by atoms with E-state index < -0.39 is 35.4 Å². The summed E-state index contributed by atoms with van der Waals surface area (Å²) in [5, 5.41) is 8.33. The minimum atomic E-state index is -0.862. The summed E-state index contributed by atoms with van der Waals surface area (Å²) >= 11 is 0. The number of benzene rings is 2. The van der Waals surface area contributed by atoms with E-state index in [1.54, 1.807) is 38.4 Å². The Labute approximate surface area is 254 Å². The minimum absolute atomic E-state index is 0.197. The molecule has 0 unspecified atom stereocenters. The van der Waals surface area contributed by atoms with Crippen LogP contribution in [0.1, 0.15) is 44.4 Å². The highest BCUT2D eigenvalue weighted by Gasteiger charge is 2.37. The highest BCUT2D eigenvalue weighted by Crippen LogP contribution is 2.21. The van der Waals surface area contributed by atoms with Crippen LogP contribution in [0, 0.1) is 12.3 Å². The number of hydrogen-bond acceptors (Lipinski definition) is 6. The van der Waals surface area contributed by atoms with Crippen LogP contribution in [0.5, 0.6) is 5.75 Å². The molecule has 2 aromatic carbocycles. The maximum absolute atomic E-state index is 13.7. The molecular formula is C33H45N5O5. The molecule has 3 atom stereocenters. The van der Waals surface area contributed by atoms with Gasteiger partial charge >= 0.3 is 0 Å². The number of amides is 4. The molecule has 0 spiro atoms. The molecule has 0 fully saturated rings. The normalized spacial score (nSPS) is 16.4. The van der Waals surface area contributed by atoms with Gasteiger partial charge in [-0.1, -0.05) is 62.7 Å². The van der Waals surface area contributed by atoms with E-state index in [4.69, 9.17) is 4.74 Å². The molecule has 3 rings (SSSR count). The smallest absolute Gasteiger partial charge is 0.250 e. The summed E-state index contributed by atoms with van der Waals surface area (Å²) in [5.74, 6) is -0.646. The maximum atomic E-state index is 13.7. The molecule has 43 heavy (non-hydrogen) atoms. The van der Waals surface area contributed by atoms with Crippen molar-refractivity contribution in [2.75, 3.05) is 27.2 Å². The molecule has 0 aliphatic carbocycles. The summed E-state index contributed by atoms with van der Waals surface area (Å²) in [5.41, 5.74) is 2.48. The van der Waals surface area contributed by atoms with Crippen molar-refractivity contribution in [3.63, 3.8) is 0 Å². The van der Waals surface area contributed by atoms with Gasteiger partial charge in [0, 0.05) is 25.4 Å². The van der Waals surface area contributed by atoms with Gasteiger partial charge in [-0.25, -0.2) is 0 Å². The topological polar surface area (TPSA) is 120 Å². The lowest BCUT2D eigenvalue weighted by Crippen LogP contribution is -2.58. The van der Waals surface area contributed by atoms with Crippen molar-refractivity contribution < 1.29 is 23.9 Å². The summed E-state index contributed by atoms with van der Waals surface area (Å²) < 4.78 is 5.23. The fraction of sp³-hybridized carbons (Fsp3) is 0.455. The van der Waals surface area contributed by atoms with E-state index in [-0.39, 0.29) is 18.4 Å². The first-order valence-corrected chi connectivity index (χ1v) is 14.6. The first kappa shape index (κ1) is 33.3. The van der Waals surface area contributed by atoms with Crippen LogP contribution in [0.25, 0.3) is 0 Å². The lowest BCUT2D eigenvalue weighted by molar-refractivity contribution is -0.143. The Morgan fingerprint density at radius 1 is 0.953 bits per heavy atom. The molecule has 0 saturated carbocycles. The third kappa shape index (κ3) is 9.15. The second-order valence-electron chi connectivity index (χ2n) is 12.0. The van der Waals surface area contributed by atoms with Gasteiger partial charge in [-0.2, -0.15) is 0 Å². The molecule has 1 aliphatic rings. The van der Waals surface area contributed by atoms with E-state index in [9.17, 15) is 19.2 Å². The van der Waals surface area contributed by atoms with E-state index in [0.29, 0.717) is 19.4 Å². The standard InChI is InChI=1S/C33H45N5O5/c1-22-8-10-25(11-9-22)20-27-32(42)37(17-16-24-12-14-26(43-7)15-13-24)18-19-38(27)28(39)21-35-31(41)29(33(3,4)5)36-30(40)23(2)34-6/h8-15,18-19,23,27,29,34H,16-17,20-21H2,1-7H3,(H,35,41)(H,36,40)/t23-,27-,29+/m0/s1. The molecular weight excluding hydrogens is 546 g/mol. The second kappa shape index (κ2) is 14.8. The van der Waals surface area contributed by atoms with Crippen LogP contribution in [0.15, 0.2) is 60.9 Å². The average molecular weight is 592 g/mol.